The minimum absolute atomic E-state index is 0.734. The first-order valence-corrected chi connectivity index (χ1v) is 5.09. The Balaban J connectivity index is 2.51. The van der Waals surface area contributed by atoms with E-state index in [1.165, 1.54) is 12.0 Å². The Bertz CT molecular complexity index is 236. The predicted molar refractivity (Wildman–Crippen MR) is 58.4 cm³/mol. The summed E-state index contributed by atoms with van der Waals surface area (Å²) >= 11 is 0. The lowest BCUT2D eigenvalue weighted by Crippen LogP contribution is -2.13. The van der Waals surface area contributed by atoms with Gasteiger partial charge in [-0.1, -0.05) is 31.7 Å². The molecule has 1 heteroatoms. The third-order valence-electron chi connectivity index (χ3n) is 2.45. The van der Waals surface area contributed by atoms with Crippen LogP contribution in [0.2, 0.25) is 0 Å². The molecule has 0 bridgehead atoms. The minimum Gasteiger partial charge on any atom is -0.385 e. The Kier molecular flexibility index (Phi) is 3.81. The molecule has 0 amide bonds. The molecule has 0 saturated heterocycles. The molecule has 1 atom stereocenters. The highest BCUT2D eigenvalue weighted by Crippen LogP contribution is 2.21. The molecular weight excluding hydrogens is 158 g/mol. The summed E-state index contributed by atoms with van der Waals surface area (Å²) < 4.78 is 0. The zero-order valence-corrected chi connectivity index (χ0v) is 8.64. The molecule has 1 aliphatic carbocycles. The van der Waals surface area contributed by atoms with Crippen molar-refractivity contribution >= 4 is 0 Å². The van der Waals surface area contributed by atoms with Gasteiger partial charge in [0.05, 0.1) is 0 Å². The van der Waals surface area contributed by atoms with E-state index in [2.05, 4.69) is 44.0 Å². The van der Waals surface area contributed by atoms with Gasteiger partial charge in [-0.25, -0.2) is 0 Å². The Morgan fingerprint density at radius 2 is 2.38 bits per heavy atom. The number of allylic oxidation sites excluding steroid dienone is 3. The Morgan fingerprint density at radius 3 is 2.85 bits per heavy atom. The SMILES string of the molecule is C=C(NCC)C1=CCC(CC)C=C1. The molecule has 0 aliphatic heterocycles. The van der Waals surface area contributed by atoms with Crippen LogP contribution in [0.5, 0.6) is 0 Å². The Labute approximate surface area is 81.2 Å². The van der Waals surface area contributed by atoms with Gasteiger partial charge in [0, 0.05) is 12.2 Å². The number of likely N-dealkylation sites (N-methyl/N-ethyl adjacent to an activating group) is 1. The molecular formula is C12H19N. The van der Waals surface area contributed by atoms with Crippen LogP contribution < -0.4 is 5.32 Å². The zero-order valence-electron chi connectivity index (χ0n) is 8.64. The molecule has 13 heavy (non-hydrogen) atoms. The summed E-state index contributed by atoms with van der Waals surface area (Å²) in [6, 6.07) is 0. The molecule has 1 aliphatic rings. The van der Waals surface area contributed by atoms with E-state index in [9.17, 15) is 0 Å². The third kappa shape index (κ3) is 2.76. The average Bonchev–Trinajstić information content (AvgIpc) is 2.18. The summed E-state index contributed by atoms with van der Waals surface area (Å²) in [4.78, 5) is 0. The van der Waals surface area contributed by atoms with Gasteiger partial charge < -0.3 is 5.32 Å². The van der Waals surface area contributed by atoms with Crippen LogP contribution in [-0.4, -0.2) is 6.54 Å². The van der Waals surface area contributed by atoms with Crippen LogP contribution >= 0.6 is 0 Å². The van der Waals surface area contributed by atoms with Crippen molar-refractivity contribution in [2.24, 2.45) is 5.92 Å². The highest BCUT2D eigenvalue weighted by atomic mass is 14.9. The Morgan fingerprint density at radius 1 is 1.62 bits per heavy atom. The quantitative estimate of drug-likeness (QED) is 0.696. The molecule has 0 heterocycles. The summed E-state index contributed by atoms with van der Waals surface area (Å²) in [5, 5.41) is 3.23. The maximum Gasteiger partial charge on any atom is 0.0337 e. The number of hydrogen-bond donors (Lipinski definition) is 1. The fraction of sp³-hybridized carbons (Fsp3) is 0.500. The summed E-state index contributed by atoms with van der Waals surface area (Å²) in [7, 11) is 0. The predicted octanol–water partition coefficient (Wildman–Crippen LogP) is 3.02. The maximum atomic E-state index is 3.99. The molecule has 0 aromatic rings. The lowest BCUT2D eigenvalue weighted by molar-refractivity contribution is 0.629. The molecule has 0 aromatic carbocycles. The highest BCUT2D eigenvalue weighted by molar-refractivity contribution is 5.39. The second kappa shape index (κ2) is 4.90. The molecule has 0 radical (unpaired) electrons. The first-order chi connectivity index (χ1) is 6.27. The van der Waals surface area contributed by atoms with E-state index >= 15 is 0 Å². The fourth-order valence-corrected chi connectivity index (χ4v) is 1.51. The van der Waals surface area contributed by atoms with Crippen molar-refractivity contribution in [2.45, 2.75) is 26.7 Å². The van der Waals surface area contributed by atoms with Crippen LogP contribution in [0.1, 0.15) is 26.7 Å². The first-order valence-electron chi connectivity index (χ1n) is 5.09. The molecule has 72 valence electrons. The summed E-state index contributed by atoms with van der Waals surface area (Å²) in [6.45, 7) is 9.25. The van der Waals surface area contributed by atoms with Crippen molar-refractivity contribution in [3.63, 3.8) is 0 Å². The number of hydrogen-bond acceptors (Lipinski definition) is 1. The normalized spacial score (nSPS) is 21.1. The van der Waals surface area contributed by atoms with Gasteiger partial charge in [0.2, 0.25) is 0 Å². The molecule has 1 rings (SSSR count). The Hall–Kier alpha value is -0.980. The van der Waals surface area contributed by atoms with E-state index in [0.29, 0.717) is 0 Å². The van der Waals surface area contributed by atoms with Gasteiger partial charge in [-0.05, 0) is 31.3 Å². The van der Waals surface area contributed by atoms with Crippen LogP contribution in [0, 0.1) is 5.92 Å². The smallest absolute Gasteiger partial charge is 0.0337 e. The van der Waals surface area contributed by atoms with E-state index in [0.717, 1.165) is 24.6 Å². The van der Waals surface area contributed by atoms with E-state index < -0.39 is 0 Å². The zero-order chi connectivity index (χ0) is 9.68. The van der Waals surface area contributed by atoms with Crippen molar-refractivity contribution in [1.82, 2.24) is 5.32 Å². The van der Waals surface area contributed by atoms with Gasteiger partial charge in [-0.3, -0.25) is 0 Å². The molecule has 0 fully saturated rings. The summed E-state index contributed by atoms with van der Waals surface area (Å²) in [5.74, 6) is 0.734. The van der Waals surface area contributed by atoms with E-state index in [1.54, 1.807) is 0 Å². The van der Waals surface area contributed by atoms with Crippen molar-refractivity contribution in [3.05, 3.63) is 36.1 Å². The van der Waals surface area contributed by atoms with Gasteiger partial charge in [-0.15, -0.1) is 0 Å². The van der Waals surface area contributed by atoms with Crippen LogP contribution in [0.3, 0.4) is 0 Å². The van der Waals surface area contributed by atoms with Crippen molar-refractivity contribution in [1.29, 1.82) is 0 Å². The first kappa shape index (κ1) is 10.1. The van der Waals surface area contributed by atoms with Gasteiger partial charge in [0.25, 0.3) is 0 Å². The van der Waals surface area contributed by atoms with Crippen molar-refractivity contribution in [2.75, 3.05) is 6.54 Å². The maximum absolute atomic E-state index is 3.99. The lowest BCUT2D eigenvalue weighted by atomic mass is 9.94. The van der Waals surface area contributed by atoms with Crippen molar-refractivity contribution in [3.8, 4) is 0 Å². The summed E-state index contributed by atoms with van der Waals surface area (Å²) in [5.41, 5.74) is 2.31. The number of rotatable bonds is 4. The molecule has 1 N–H and O–H groups in total. The highest BCUT2D eigenvalue weighted by Gasteiger charge is 2.07. The van der Waals surface area contributed by atoms with Gasteiger partial charge in [0.1, 0.15) is 0 Å². The van der Waals surface area contributed by atoms with Gasteiger partial charge >= 0.3 is 0 Å². The van der Waals surface area contributed by atoms with Gasteiger partial charge in [-0.2, -0.15) is 0 Å². The average molecular weight is 177 g/mol. The standard InChI is InChI=1S/C12H19N/c1-4-11-6-8-12(9-7-11)10(3)13-5-2/h6,8-9,11,13H,3-5,7H2,1-2H3. The minimum atomic E-state index is 0.734. The van der Waals surface area contributed by atoms with E-state index in [1.807, 2.05) is 0 Å². The summed E-state index contributed by atoms with van der Waals surface area (Å²) in [6.07, 6.45) is 9.14. The molecule has 0 aromatic heterocycles. The largest absolute Gasteiger partial charge is 0.385 e. The molecule has 0 spiro atoms. The van der Waals surface area contributed by atoms with Crippen LogP contribution in [-0.2, 0) is 0 Å². The lowest BCUT2D eigenvalue weighted by Gasteiger charge is -2.16. The molecule has 1 unspecified atom stereocenters. The molecule has 0 saturated carbocycles. The van der Waals surface area contributed by atoms with Crippen LogP contribution in [0.15, 0.2) is 36.1 Å². The van der Waals surface area contributed by atoms with E-state index in [4.69, 9.17) is 0 Å². The van der Waals surface area contributed by atoms with Crippen LogP contribution in [0.25, 0.3) is 0 Å². The van der Waals surface area contributed by atoms with Gasteiger partial charge in [0.15, 0.2) is 0 Å². The van der Waals surface area contributed by atoms with Crippen LogP contribution in [0.4, 0.5) is 0 Å². The van der Waals surface area contributed by atoms with Crippen molar-refractivity contribution < 1.29 is 0 Å². The second-order valence-corrected chi connectivity index (χ2v) is 3.43. The number of nitrogens with one attached hydrogen (secondary N) is 1. The third-order valence-corrected chi connectivity index (χ3v) is 2.45. The topological polar surface area (TPSA) is 12.0 Å². The monoisotopic (exact) mass is 177 g/mol. The second-order valence-electron chi connectivity index (χ2n) is 3.43. The molecule has 1 nitrogen and oxygen atoms in total. The van der Waals surface area contributed by atoms with E-state index in [-0.39, 0.29) is 0 Å². The fourth-order valence-electron chi connectivity index (χ4n) is 1.51.